The summed E-state index contributed by atoms with van der Waals surface area (Å²) in [5.41, 5.74) is 1.19. The summed E-state index contributed by atoms with van der Waals surface area (Å²) in [4.78, 5) is 8.60. The number of aromatic nitrogens is 2. The van der Waals surface area contributed by atoms with Crippen LogP contribution in [-0.2, 0) is 6.42 Å². The van der Waals surface area contributed by atoms with Crippen molar-refractivity contribution in [3.63, 3.8) is 0 Å². The molecule has 0 radical (unpaired) electrons. The van der Waals surface area contributed by atoms with Crippen LogP contribution < -0.4 is 10.6 Å². The first kappa shape index (κ1) is 11.2. The van der Waals surface area contributed by atoms with E-state index in [1.807, 2.05) is 7.05 Å². The Balaban J connectivity index is 2.18. The van der Waals surface area contributed by atoms with Crippen LogP contribution >= 0.6 is 0 Å². The number of anilines is 2. The van der Waals surface area contributed by atoms with Gasteiger partial charge in [0.15, 0.2) is 0 Å². The fourth-order valence-corrected chi connectivity index (χ4v) is 2.35. The van der Waals surface area contributed by atoms with Crippen molar-refractivity contribution in [2.24, 2.45) is 0 Å². The van der Waals surface area contributed by atoms with Crippen LogP contribution in [0.25, 0.3) is 0 Å². The van der Waals surface area contributed by atoms with Gasteiger partial charge in [0.25, 0.3) is 0 Å². The zero-order valence-electron chi connectivity index (χ0n) is 10.1. The van der Waals surface area contributed by atoms with Crippen molar-refractivity contribution in [2.75, 3.05) is 17.7 Å². The van der Waals surface area contributed by atoms with E-state index in [9.17, 15) is 0 Å². The lowest BCUT2D eigenvalue weighted by Gasteiger charge is -2.16. The van der Waals surface area contributed by atoms with Crippen molar-refractivity contribution in [3.05, 3.63) is 11.9 Å². The molecule has 2 rings (SSSR count). The molecule has 0 unspecified atom stereocenters. The first-order valence-electron chi connectivity index (χ1n) is 6.13. The molecule has 0 aliphatic heterocycles. The number of nitrogens with one attached hydrogen (secondary N) is 2. The summed E-state index contributed by atoms with van der Waals surface area (Å²) in [5.74, 6) is 1.95. The van der Waals surface area contributed by atoms with E-state index >= 15 is 0 Å². The Labute approximate surface area is 96.9 Å². The molecule has 2 N–H and O–H groups in total. The Morgan fingerprint density at radius 3 is 2.56 bits per heavy atom. The van der Waals surface area contributed by atoms with Crippen LogP contribution in [0.15, 0.2) is 6.33 Å². The Morgan fingerprint density at radius 1 is 1.25 bits per heavy atom. The lowest BCUT2D eigenvalue weighted by Crippen LogP contribution is -2.17. The first-order chi connectivity index (χ1) is 7.85. The molecule has 1 saturated carbocycles. The normalized spacial score (nSPS) is 16.4. The van der Waals surface area contributed by atoms with Gasteiger partial charge in [-0.25, -0.2) is 9.97 Å². The van der Waals surface area contributed by atoms with Crippen molar-refractivity contribution >= 4 is 11.6 Å². The molecule has 1 aromatic heterocycles. The largest absolute Gasteiger partial charge is 0.373 e. The van der Waals surface area contributed by atoms with Crippen LogP contribution in [0.3, 0.4) is 0 Å². The Morgan fingerprint density at radius 2 is 1.94 bits per heavy atom. The van der Waals surface area contributed by atoms with Gasteiger partial charge < -0.3 is 10.6 Å². The van der Waals surface area contributed by atoms with Crippen molar-refractivity contribution in [2.45, 2.75) is 45.1 Å². The van der Waals surface area contributed by atoms with Crippen LogP contribution in [0.2, 0.25) is 0 Å². The second kappa shape index (κ2) is 5.14. The zero-order valence-corrected chi connectivity index (χ0v) is 10.1. The molecule has 0 amide bonds. The molecule has 88 valence electrons. The molecule has 0 aromatic carbocycles. The highest BCUT2D eigenvalue weighted by atomic mass is 15.1. The first-order valence-corrected chi connectivity index (χ1v) is 6.13. The lowest BCUT2D eigenvalue weighted by atomic mass is 10.2. The van der Waals surface area contributed by atoms with Crippen molar-refractivity contribution in [1.82, 2.24) is 9.97 Å². The molecule has 16 heavy (non-hydrogen) atoms. The van der Waals surface area contributed by atoms with Crippen molar-refractivity contribution < 1.29 is 0 Å². The predicted molar refractivity (Wildman–Crippen MR) is 66.8 cm³/mol. The van der Waals surface area contributed by atoms with Gasteiger partial charge in [-0.3, -0.25) is 0 Å². The van der Waals surface area contributed by atoms with E-state index in [2.05, 4.69) is 27.5 Å². The number of hydrogen-bond acceptors (Lipinski definition) is 4. The monoisotopic (exact) mass is 220 g/mol. The minimum absolute atomic E-state index is 0.602. The van der Waals surface area contributed by atoms with E-state index in [1.54, 1.807) is 6.33 Å². The van der Waals surface area contributed by atoms with Crippen LogP contribution in [0.1, 0.15) is 38.2 Å². The fraction of sp³-hybridized carbons (Fsp3) is 0.667. The summed E-state index contributed by atoms with van der Waals surface area (Å²) >= 11 is 0. The summed E-state index contributed by atoms with van der Waals surface area (Å²) in [5, 5.41) is 6.66. The Bertz CT molecular complexity index is 345. The van der Waals surface area contributed by atoms with E-state index in [-0.39, 0.29) is 0 Å². The van der Waals surface area contributed by atoms with E-state index in [0.717, 1.165) is 18.1 Å². The van der Waals surface area contributed by atoms with Gasteiger partial charge in [0.05, 0.1) is 0 Å². The molecule has 1 aromatic rings. The second-order valence-electron chi connectivity index (χ2n) is 4.28. The standard InChI is InChI=1S/C12H20N4/c1-3-10-11(13-2)14-8-15-12(10)16-9-6-4-5-7-9/h8-9H,3-7H2,1-2H3,(H2,13,14,15,16). The zero-order chi connectivity index (χ0) is 11.4. The molecule has 0 atom stereocenters. The smallest absolute Gasteiger partial charge is 0.134 e. The van der Waals surface area contributed by atoms with E-state index in [0.29, 0.717) is 6.04 Å². The second-order valence-corrected chi connectivity index (χ2v) is 4.28. The van der Waals surface area contributed by atoms with Crippen molar-refractivity contribution in [3.8, 4) is 0 Å². The van der Waals surface area contributed by atoms with Gasteiger partial charge in [0.2, 0.25) is 0 Å². The van der Waals surface area contributed by atoms with Crippen LogP contribution in [0, 0.1) is 0 Å². The molecule has 1 aliphatic carbocycles. The predicted octanol–water partition coefficient (Wildman–Crippen LogP) is 2.44. The van der Waals surface area contributed by atoms with Crippen LogP contribution in [-0.4, -0.2) is 23.1 Å². The molecule has 4 nitrogen and oxygen atoms in total. The van der Waals surface area contributed by atoms with Crippen LogP contribution in [0.5, 0.6) is 0 Å². The third kappa shape index (κ3) is 2.26. The number of rotatable bonds is 4. The average Bonchev–Trinajstić information content (AvgIpc) is 2.81. The maximum absolute atomic E-state index is 4.36. The van der Waals surface area contributed by atoms with Crippen LogP contribution in [0.4, 0.5) is 11.6 Å². The minimum atomic E-state index is 0.602. The average molecular weight is 220 g/mol. The van der Waals surface area contributed by atoms with Gasteiger partial charge in [-0.1, -0.05) is 19.8 Å². The summed E-state index contributed by atoms with van der Waals surface area (Å²) < 4.78 is 0. The van der Waals surface area contributed by atoms with Crippen molar-refractivity contribution in [1.29, 1.82) is 0 Å². The Hall–Kier alpha value is -1.32. The molecule has 0 bridgehead atoms. The maximum atomic E-state index is 4.36. The third-order valence-corrected chi connectivity index (χ3v) is 3.23. The quantitative estimate of drug-likeness (QED) is 0.818. The van der Waals surface area contributed by atoms with Gasteiger partial charge >= 0.3 is 0 Å². The number of hydrogen-bond donors (Lipinski definition) is 2. The summed E-state index contributed by atoms with van der Waals surface area (Å²) in [6.45, 7) is 2.14. The molecule has 1 heterocycles. The molecule has 1 aliphatic rings. The highest BCUT2D eigenvalue weighted by molar-refractivity contribution is 5.57. The molecule has 4 heteroatoms. The third-order valence-electron chi connectivity index (χ3n) is 3.23. The lowest BCUT2D eigenvalue weighted by molar-refractivity contribution is 0.747. The maximum Gasteiger partial charge on any atom is 0.134 e. The number of nitrogens with zero attached hydrogens (tertiary/aromatic N) is 2. The van der Waals surface area contributed by atoms with Gasteiger partial charge in [-0.2, -0.15) is 0 Å². The highest BCUT2D eigenvalue weighted by Gasteiger charge is 2.17. The molecule has 0 spiro atoms. The van der Waals surface area contributed by atoms with Gasteiger partial charge in [0.1, 0.15) is 18.0 Å². The summed E-state index contributed by atoms with van der Waals surface area (Å²) in [6.07, 6.45) is 7.78. The molecule has 1 fully saturated rings. The molecular formula is C12H20N4. The van der Waals surface area contributed by atoms with Gasteiger partial charge in [-0.05, 0) is 19.3 Å². The summed E-state index contributed by atoms with van der Waals surface area (Å²) in [7, 11) is 1.90. The molecular weight excluding hydrogens is 200 g/mol. The summed E-state index contributed by atoms with van der Waals surface area (Å²) in [6, 6.07) is 0.602. The highest BCUT2D eigenvalue weighted by Crippen LogP contribution is 2.25. The minimum Gasteiger partial charge on any atom is -0.373 e. The Kier molecular flexibility index (Phi) is 3.59. The van der Waals surface area contributed by atoms with Gasteiger partial charge in [0, 0.05) is 18.7 Å². The molecule has 0 saturated heterocycles. The van der Waals surface area contributed by atoms with E-state index < -0.39 is 0 Å². The fourth-order valence-electron chi connectivity index (χ4n) is 2.35. The van der Waals surface area contributed by atoms with E-state index in [4.69, 9.17) is 0 Å². The van der Waals surface area contributed by atoms with Gasteiger partial charge in [-0.15, -0.1) is 0 Å². The van der Waals surface area contributed by atoms with E-state index in [1.165, 1.54) is 31.2 Å². The SMILES string of the molecule is CCc1c(NC)ncnc1NC1CCCC1. The topological polar surface area (TPSA) is 49.8 Å².